The Morgan fingerprint density at radius 1 is 1.70 bits per heavy atom. The Kier molecular flexibility index (Phi) is 2.63. The number of hydrogen-bond donors (Lipinski definition) is 0. The van der Waals surface area contributed by atoms with Crippen molar-refractivity contribution in [2.75, 3.05) is 26.8 Å². The van der Waals surface area contributed by atoms with E-state index in [1.165, 1.54) is 0 Å². The minimum absolute atomic E-state index is 0.405. The second-order valence-electron chi connectivity index (χ2n) is 2.74. The number of ether oxygens (including phenoxy) is 1. The van der Waals surface area contributed by atoms with Gasteiger partial charge < -0.3 is 9.64 Å². The molecule has 3 heteroatoms. The highest BCUT2D eigenvalue weighted by molar-refractivity contribution is 7.80. The fourth-order valence-corrected chi connectivity index (χ4v) is 1.18. The lowest BCUT2D eigenvalue weighted by molar-refractivity contribution is 0.129. The zero-order valence-electron chi connectivity index (χ0n) is 6.46. The number of rotatable bonds is 0. The Balaban J connectivity index is 2.55. The van der Waals surface area contributed by atoms with Gasteiger partial charge in [0.2, 0.25) is 0 Å². The van der Waals surface area contributed by atoms with Crippen LogP contribution in [0.4, 0.5) is 0 Å². The van der Waals surface area contributed by atoms with Crippen molar-refractivity contribution in [1.29, 1.82) is 0 Å². The topological polar surface area (TPSA) is 12.5 Å². The molecule has 1 fully saturated rings. The molecule has 0 N–H and O–H groups in total. The van der Waals surface area contributed by atoms with E-state index in [-0.39, 0.29) is 0 Å². The Morgan fingerprint density at radius 3 is 3.10 bits per heavy atom. The van der Waals surface area contributed by atoms with Gasteiger partial charge in [-0.2, -0.15) is 0 Å². The van der Waals surface area contributed by atoms with Crippen LogP contribution in [-0.2, 0) is 4.74 Å². The fourth-order valence-electron chi connectivity index (χ4n) is 1.02. The lowest BCUT2D eigenvalue weighted by Crippen LogP contribution is -2.29. The summed E-state index contributed by atoms with van der Waals surface area (Å²) < 4.78 is 5.32. The van der Waals surface area contributed by atoms with E-state index in [0.717, 1.165) is 24.7 Å². The molecule has 0 aromatic carbocycles. The van der Waals surface area contributed by atoms with Gasteiger partial charge in [0, 0.05) is 19.5 Å². The van der Waals surface area contributed by atoms with Crippen molar-refractivity contribution in [3.8, 4) is 0 Å². The lowest BCUT2D eigenvalue weighted by atomic mass is 10.2. The third-order valence-electron chi connectivity index (χ3n) is 1.74. The van der Waals surface area contributed by atoms with Gasteiger partial charge in [0.05, 0.1) is 18.2 Å². The van der Waals surface area contributed by atoms with Gasteiger partial charge in [-0.25, -0.2) is 0 Å². The average molecular weight is 159 g/mol. The molecule has 1 atom stereocenters. The maximum Gasteiger partial charge on any atom is 0.0829 e. The van der Waals surface area contributed by atoms with E-state index in [1.807, 2.05) is 7.05 Å². The lowest BCUT2D eigenvalue weighted by Gasteiger charge is -2.18. The van der Waals surface area contributed by atoms with Crippen molar-refractivity contribution < 1.29 is 4.74 Å². The molecule has 0 bridgehead atoms. The van der Waals surface area contributed by atoms with Gasteiger partial charge >= 0.3 is 0 Å². The van der Waals surface area contributed by atoms with Gasteiger partial charge in [0.15, 0.2) is 0 Å². The smallest absolute Gasteiger partial charge is 0.0829 e. The summed E-state index contributed by atoms with van der Waals surface area (Å²) in [4.78, 5) is 3.12. The van der Waals surface area contributed by atoms with Crippen LogP contribution in [0.1, 0.15) is 6.92 Å². The van der Waals surface area contributed by atoms with Crippen molar-refractivity contribution in [3.05, 3.63) is 0 Å². The molecule has 0 aromatic rings. The van der Waals surface area contributed by atoms with Crippen LogP contribution in [0.3, 0.4) is 0 Å². The predicted molar refractivity (Wildman–Crippen MR) is 45.2 cm³/mol. The summed E-state index contributed by atoms with van der Waals surface area (Å²) in [5.41, 5.74) is 0. The molecule has 1 rings (SSSR count). The fraction of sp³-hybridized carbons (Fsp3) is 0.857. The first kappa shape index (κ1) is 7.95. The number of nitrogens with zero attached hydrogens (tertiary/aromatic N) is 1. The van der Waals surface area contributed by atoms with Crippen LogP contribution >= 0.6 is 12.2 Å². The standard InChI is InChI=1S/C7H13NOS/c1-6-5-9-4-3-8(2)7(6)10/h6H,3-5H2,1-2H3. The normalized spacial score (nSPS) is 28.4. The Morgan fingerprint density at radius 2 is 2.40 bits per heavy atom. The van der Waals surface area contributed by atoms with E-state index in [1.54, 1.807) is 0 Å². The summed E-state index contributed by atoms with van der Waals surface area (Å²) in [6, 6.07) is 0. The predicted octanol–water partition coefficient (Wildman–Crippen LogP) is 0.912. The largest absolute Gasteiger partial charge is 0.379 e. The van der Waals surface area contributed by atoms with Crippen molar-refractivity contribution in [2.45, 2.75) is 6.92 Å². The second-order valence-corrected chi connectivity index (χ2v) is 3.15. The van der Waals surface area contributed by atoms with Crippen molar-refractivity contribution >= 4 is 17.2 Å². The van der Waals surface area contributed by atoms with Crippen molar-refractivity contribution in [2.24, 2.45) is 5.92 Å². The van der Waals surface area contributed by atoms with Crippen LogP contribution in [0.2, 0.25) is 0 Å². The molecular weight excluding hydrogens is 146 g/mol. The number of hydrogen-bond acceptors (Lipinski definition) is 2. The first-order valence-corrected chi connectivity index (χ1v) is 3.95. The highest BCUT2D eigenvalue weighted by Gasteiger charge is 2.16. The van der Waals surface area contributed by atoms with E-state index in [4.69, 9.17) is 17.0 Å². The molecule has 0 aromatic heterocycles. The summed E-state index contributed by atoms with van der Waals surface area (Å²) in [7, 11) is 2.02. The Hall–Kier alpha value is -0.150. The molecule has 1 unspecified atom stereocenters. The van der Waals surface area contributed by atoms with E-state index in [0.29, 0.717) is 5.92 Å². The molecule has 1 saturated heterocycles. The SMILES string of the molecule is CC1COCCN(C)C1=S. The molecule has 2 nitrogen and oxygen atoms in total. The summed E-state index contributed by atoms with van der Waals surface area (Å²) in [6.45, 7) is 4.62. The minimum Gasteiger partial charge on any atom is -0.379 e. The summed E-state index contributed by atoms with van der Waals surface area (Å²) in [6.07, 6.45) is 0. The van der Waals surface area contributed by atoms with Gasteiger partial charge in [0.1, 0.15) is 0 Å². The Labute approximate surface area is 67.2 Å². The van der Waals surface area contributed by atoms with Gasteiger partial charge in [-0.1, -0.05) is 19.1 Å². The monoisotopic (exact) mass is 159 g/mol. The van der Waals surface area contributed by atoms with Crippen molar-refractivity contribution in [3.63, 3.8) is 0 Å². The first-order valence-electron chi connectivity index (χ1n) is 3.54. The van der Waals surface area contributed by atoms with E-state index in [2.05, 4.69) is 11.8 Å². The maximum absolute atomic E-state index is 5.32. The zero-order valence-corrected chi connectivity index (χ0v) is 7.28. The first-order chi connectivity index (χ1) is 4.72. The van der Waals surface area contributed by atoms with Crippen LogP contribution in [0.25, 0.3) is 0 Å². The quantitative estimate of drug-likeness (QED) is 0.487. The second kappa shape index (κ2) is 3.30. The van der Waals surface area contributed by atoms with Gasteiger partial charge in [-0.3, -0.25) is 0 Å². The van der Waals surface area contributed by atoms with E-state index < -0.39 is 0 Å². The molecule has 0 radical (unpaired) electrons. The zero-order chi connectivity index (χ0) is 7.56. The number of thiocarbonyl (C=S) groups is 1. The van der Waals surface area contributed by atoms with Gasteiger partial charge in [-0.15, -0.1) is 0 Å². The maximum atomic E-state index is 5.32. The van der Waals surface area contributed by atoms with Crippen LogP contribution in [0, 0.1) is 5.92 Å². The third-order valence-corrected chi connectivity index (χ3v) is 2.45. The molecule has 0 saturated carbocycles. The van der Waals surface area contributed by atoms with Crippen LogP contribution in [-0.4, -0.2) is 36.7 Å². The highest BCUT2D eigenvalue weighted by atomic mass is 32.1. The summed E-state index contributed by atoms with van der Waals surface area (Å²) >= 11 is 5.18. The van der Waals surface area contributed by atoms with Crippen LogP contribution in [0.15, 0.2) is 0 Å². The van der Waals surface area contributed by atoms with Crippen LogP contribution < -0.4 is 0 Å². The van der Waals surface area contributed by atoms with Crippen LogP contribution in [0.5, 0.6) is 0 Å². The third kappa shape index (κ3) is 1.67. The molecule has 0 amide bonds. The average Bonchev–Trinajstić information content (AvgIpc) is 2.04. The molecule has 58 valence electrons. The van der Waals surface area contributed by atoms with Gasteiger partial charge in [0.25, 0.3) is 0 Å². The van der Waals surface area contributed by atoms with E-state index >= 15 is 0 Å². The van der Waals surface area contributed by atoms with Crippen molar-refractivity contribution in [1.82, 2.24) is 4.90 Å². The molecular formula is C7H13NOS. The van der Waals surface area contributed by atoms with E-state index in [9.17, 15) is 0 Å². The number of likely N-dealkylation sites (N-methyl/N-ethyl adjacent to an activating group) is 1. The molecule has 10 heavy (non-hydrogen) atoms. The molecule has 1 aliphatic heterocycles. The highest BCUT2D eigenvalue weighted by Crippen LogP contribution is 2.07. The molecule has 1 heterocycles. The van der Waals surface area contributed by atoms with Gasteiger partial charge in [-0.05, 0) is 0 Å². The molecule has 0 spiro atoms. The summed E-state index contributed by atoms with van der Waals surface area (Å²) in [5, 5.41) is 0. The summed E-state index contributed by atoms with van der Waals surface area (Å²) in [5.74, 6) is 0.405. The minimum atomic E-state index is 0.405. The molecule has 1 aliphatic rings. The molecule has 0 aliphatic carbocycles. The Bertz CT molecular complexity index is 124.